The van der Waals surface area contributed by atoms with Crippen LogP contribution in [0.4, 0.5) is 4.39 Å². The van der Waals surface area contributed by atoms with Crippen LogP contribution in [-0.4, -0.2) is 34.7 Å². The first-order valence-corrected chi connectivity index (χ1v) is 12.4. The van der Waals surface area contributed by atoms with Crippen LogP contribution in [0.5, 0.6) is 0 Å². The Bertz CT molecular complexity index is 1520. The number of H-pyrrole nitrogens is 1. The van der Waals surface area contributed by atoms with Crippen LogP contribution in [0.15, 0.2) is 76.4 Å². The highest BCUT2D eigenvalue weighted by Crippen LogP contribution is 2.29. The van der Waals surface area contributed by atoms with Gasteiger partial charge in [-0.25, -0.2) is 14.3 Å². The minimum absolute atomic E-state index is 0.224. The molecule has 3 heterocycles. The van der Waals surface area contributed by atoms with E-state index in [0.29, 0.717) is 16.8 Å². The molecule has 0 saturated heterocycles. The molecule has 0 bridgehead atoms. The van der Waals surface area contributed by atoms with Gasteiger partial charge in [-0.05, 0) is 74.1 Å². The number of rotatable bonds is 8. The Balaban J connectivity index is 1.49. The van der Waals surface area contributed by atoms with Gasteiger partial charge in [0.1, 0.15) is 11.5 Å². The van der Waals surface area contributed by atoms with Crippen molar-refractivity contribution in [2.45, 2.75) is 32.7 Å². The summed E-state index contributed by atoms with van der Waals surface area (Å²) in [6, 6.07) is 14.6. The highest BCUT2D eigenvalue weighted by molar-refractivity contribution is 9.10. The van der Waals surface area contributed by atoms with Gasteiger partial charge in [0.05, 0.1) is 6.54 Å². The molecule has 2 aromatic carbocycles. The first-order valence-electron chi connectivity index (χ1n) is 11.6. The number of hydrogen-bond donors (Lipinski definition) is 1. The van der Waals surface area contributed by atoms with Crippen LogP contribution in [-0.2, 0) is 13.0 Å². The monoisotopic (exact) mass is 547 g/mol. The lowest BCUT2D eigenvalue weighted by Crippen LogP contribution is -2.25. The lowest BCUT2D eigenvalue weighted by molar-refractivity contribution is 0.611. The number of tetrazole rings is 1. The van der Waals surface area contributed by atoms with Gasteiger partial charge in [0.25, 0.3) is 0 Å². The van der Waals surface area contributed by atoms with Crippen molar-refractivity contribution in [1.29, 1.82) is 0 Å². The van der Waals surface area contributed by atoms with E-state index in [0.717, 1.165) is 47.2 Å². The zero-order valence-corrected chi connectivity index (χ0v) is 21.1. The molecule has 5 rings (SSSR count). The van der Waals surface area contributed by atoms with E-state index in [9.17, 15) is 9.18 Å². The first-order chi connectivity index (χ1) is 17.6. The standard InChI is InChI=1S/C26H23BrFN7O/c1-2-3-5-19-16-35(24-22(27)6-4-7-23(24)28)26(36)34(19)15-17-8-10-18(11-9-17)20-12-13-29-14-21(20)25-30-32-33-31-25/h4,6-14,16H,2-3,5,15H2,1H3,(H,30,31,32,33). The molecule has 0 saturated carbocycles. The van der Waals surface area contributed by atoms with Crippen molar-refractivity contribution in [3.8, 4) is 28.2 Å². The summed E-state index contributed by atoms with van der Waals surface area (Å²) in [7, 11) is 0. The molecular weight excluding hydrogens is 525 g/mol. The molecule has 0 spiro atoms. The van der Waals surface area contributed by atoms with E-state index in [1.54, 1.807) is 35.3 Å². The summed E-state index contributed by atoms with van der Waals surface area (Å²) in [6.45, 7) is 2.49. The predicted molar refractivity (Wildman–Crippen MR) is 138 cm³/mol. The Morgan fingerprint density at radius 2 is 1.92 bits per heavy atom. The third-order valence-electron chi connectivity index (χ3n) is 6.05. The van der Waals surface area contributed by atoms with Crippen LogP contribution in [0.1, 0.15) is 31.0 Å². The maximum absolute atomic E-state index is 14.7. The summed E-state index contributed by atoms with van der Waals surface area (Å²) in [4.78, 5) is 17.6. The van der Waals surface area contributed by atoms with Crippen molar-refractivity contribution in [2.24, 2.45) is 0 Å². The Morgan fingerprint density at radius 3 is 2.64 bits per heavy atom. The largest absolute Gasteiger partial charge is 0.333 e. The SMILES string of the molecule is CCCCc1cn(-c2c(F)cccc2Br)c(=O)n1Cc1ccc(-c2ccncc2-c2nnn[nH]2)cc1. The van der Waals surface area contributed by atoms with Gasteiger partial charge < -0.3 is 0 Å². The van der Waals surface area contributed by atoms with Crippen molar-refractivity contribution in [3.05, 3.63) is 99.2 Å². The van der Waals surface area contributed by atoms with Crippen LogP contribution in [0.2, 0.25) is 0 Å². The number of halogens is 2. The van der Waals surface area contributed by atoms with Gasteiger partial charge >= 0.3 is 5.69 Å². The number of nitrogens with zero attached hydrogens (tertiary/aromatic N) is 6. The summed E-state index contributed by atoms with van der Waals surface area (Å²) in [5.74, 6) is 0.0834. The molecule has 0 radical (unpaired) electrons. The number of hydrogen-bond acceptors (Lipinski definition) is 5. The van der Waals surface area contributed by atoms with E-state index in [1.165, 1.54) is 10.6 Å². The van der Waals surface area contributed by atoms with E-state index < -0.39 is 5.82 Å². The normalized spacial score (nSPS) is 11.2. The molecule has 0 amide bonds. The van der Waals surface area contributed by atoms with Crippen molar-refractivity contribution < 1.29 is 4.39 Å². The second kappa shape index (κ2) is 10.4. The molecule has 1 N–H and O–H groups in total. The van der Waals surface area contributed by atoms with Gasteiger partial charge in [0, 0.05) is 34.3 Å². The number of aryl methyl sites for hydroxylation is 1. The molecule has 182 valence electrons. The van der Waals surface area contributed by atoms with Gasteiger partial charge in [-0.3, -0.25) is 14.1 Å². The number of nitrogens with one attached hydrogen (secondary N) is 1. The second-order valence-electron chi connectivity index (χ2n) is 8.40. The van der Waals surface area contributed by atoms with E-state index in [-0.39, 0.29) is 11.4 Å². The fraction of sp³-hybridized carbons (Fsp3) is 0.192. The highest BCUT2D eigenvalue weighted by atomic mass is 79.9. The summed E-state index contributed by atoms with van der Waals surface area (Å²) >= 11 is 3.39. The number of aromatic amines is 1. The Kier molecular flexibility index (Phi) is 6.86. The molecule has 10 heteroatoms. The summed E-state index contributed by atoms with van der Waals surface area (Å²) in [5.41, 5.74) is 4.48. The number of benzene rings is 2. The smallest absolute Gasteiger partial charge is 0.292 e. The number of pyridine rings is 1. The molecule has 0 aliphatic heterocycles. The van der Waals surface area contributed by atoms with E-state index in [1.807, 2.05) is 30.3 Å². The number of para-hydroxylation sites is 1. The number of unbranched alkanes of at least 4 members (excludes halogenated alkanes) is 1. The van der Waals surface area contributed by atoms with Crippen LogP contribution in [0, 0.1) is 5.82 Å². The minimum atomic E-state index is -0.454. The number of aromatic nitrogens is 7. The summed E-state index contributed by atoms with van der Waals surface area (Å²) in [6.07, 6.45) is 7.85. The maximum atomic E-state index is 14.7. The van der Waals surface area contributed by atoms with Crippen molar-refractivity contribution in [1.82, 2.24) is 34.7 Å². The van der Waals surface area contributed by atoms with Gasteiger partial charge in [-0.15, -0.1) is 5.10 Å². The fourth-order valence-electron chi connectivity index (χ4n) is 4.21. The molecule has 0 aliphatic rings. The van der Waals surface area contributed by atoms with E-state index in [4.69, 9.17) is 0 Å². The molecule has 8 nitrogen and oxygen atoms in total. The summed E-state index contributed by atoms with van der Waals surface area (Å²) in [5, 5.41) is 14.1. The zero-order chi connectivity index (χ0) is 25.1. The molecule has 0 unspecified atom stereocenters. The zero-order valence-electron chi connectivity index (χ0n) is 19.5. The third-order valence-corrected chi connectivity index (χ3v) is 6.69. The third kappa shape index (κ3) is 4.64. The van der Waals surface area contributed by atoms with Crippen LogP contribution in [0.3, 0.4) is 0 Å². The van der Waals surface area contributed by atoms with E-state index in [2.05, 4.69) is 48.5 Å². The average Bonchev–Trinajstić information content (AvgIpc) is 3.53. The van der Waals surface area contributed by atoms with Crippen LogP contribution < -0.4 is 5.69 Å². The van der Waals surface area contributed by atoms with Crippen molar-refractivity contribution in [3.63, 3.8) is 0 Å². The Morgan fingerprint density at radius 1 is 1.08 bits per heavy atom. The molecule has 0 aliphatic carbocycles. The maximum Gasteiger partial charge on any atom is 0.333 e. The Labute approximate surface area is 215 Å². The van der Waals surface area contributed by atoms with Gasteiger partial charge in [-0.2, -0.15) is 0 Å². The second-order valence-corrected chi connectivity index (χ2v) is 9.26. The van der Waals surface area contributed by atoms with Crippen molar-refractivity contribution >= 4 is 15.9 Å². The average molecular weight is 548 g/mol. The molecule has 36 heavy (non-hydrogen) atoms. The Hall–Kier alpha value is -3.92. The molecule has 0 fully saturated rings. The fourth-order valence-corrected chi connectivity index (χ4v) is 4.75. The molecular formula is C26H23BrFN7O. The molecule has 5 aromatic rings. The minimum Gasteiger partial charge on any atom is -0.292 e. The van der Waals surface area contributed by atoms with Crippen LogP contribution >= 0.6 is 15.9 Å². The van der Waals surface area contributed by atoms with Gasteiger partial charge in [0.2, 0.25) is 0 Å². The lowest BCUT2D eigenvalue weighted by Gasteiger charge is -2.10. The molecule has 3 aromatic heterocycles. The highest BCUT2D eigenvalue weighted by Gasteiger charge is 2.18. The first kappa shape index (κ1) is 23.8. The number of imidazole rings is 1. The lowest BCUT2D eigenvalue weighted by atomic mass is 10.00. The van der Waals surface area contributed by atoms with Gasteiger partial charge in [0.15, 0.2) is 5.82 Å². The topological polar surface area (TPSA) is 94.3 Å². The van der Waals surface area contributed by atoms with E-state index >= 15 is 0 Å². The quantitative estimate of drug-likeness (QED) is 0.289. The van der Waals surface area contributed by atoms with Gasteiger partial charge in [-0.1, -0.05) is 43.7 Å². The summed E-state index contributed by atoms with van der Waals surface area (Å²) < 4.78 is 18.3. The molecule has 0 atom stereocenters. The van der Waals surface area contributed by atoms with Crippen LogP contribution in [0.25, 0.3) is 28.2 Å². The van der Waals surface area contributed by atoms with Crippen molar-refractivity contribution in [2.75, 3.05) is 0 Å². The predicted octanol–water partition coefficient (Wildman–Crippen LogP) is 5.17.